The number of piperidine rings is 1. The molecule has 1 aromatic heterocycles. The molecule has 4 rings (SSSR count). The van der Waals surface area contributed by atoms with E-state index in [0.29, 0.717) is 6.04 Å². The molecule has 2 aliphatic rings. The largest absolute Gasteiger partial charge is 0.336 e. The third-order valence-corrected chi connectivity index (χ3v) is 5.17. The number of nitrogens with zero attached hydrogens (tertiary/aromatic N) is 4. The zero-order valence-corrected chi connectivity index (χ0v) is 14.5. The van der Waals surface area contributed by atoms with Crippen LogP contribution in [0.5, 0.6) is 0 Å². The third kappa shape index (κ3) is 3.69. The highest BCUT2D eigenvalue weighted by molar-refractivity contribution is 5.76. The Morgan fingerprint density at radius 1 is 1.16 bits per heavy atom. The number of urea groups is 1. The van der Waals surface area contributed by atoms with E-state index in [1.165, 1.54) is 5.56 Å². The lowest BCUT2D eigenvalue weighted by Gasteiger charge is -2.36. The molecule has 2 aliphatic heterocycles. The molecular weight excluding hydrogens is 314 g/mol. The summed E-state index contributed by atoms with van der Waals surface area (Å²) in [7, 11) is 0. The molecule has 3 heterocycles. The van der Waals surface area contributed by atoms with Crippen molar-refractivity contribution >= 4 is 6.03 Å². The summed E-state index contributed by atoms with van der Waals surface area (Å²) in [5.74, 6) is 1.09. The fraction of sp³-hybridized carbons (Fsp3) is 0.474. The standard InChI is InChI=1S/C19H25N5O/c25-19-21-9-12-24(19)17-7-4-10-22(14-17)15-18-20-8-11-23(18)13-16-5-2-1-3-6-16/h1-3,5-6,8,11,17H,4,7,9-10,12-15H2,(H,21,25). The highest BCUT2D eigenvalue weighted by Gasteiger charge is 2.31. The van der Waals surface area contributed by atoms with E-state index in [1.54, 1.807) is 0 Å². The predicted octanol–water partition coefficient (Wildman–Crippen LogP) is 1.92. The van der Waals surface area contributed by atoms with Crippen molar-refractivity contribution in [2.24, 2.45) is 0 Å². The Morgan fingerprint density at radius 2 is 2.04 bits per heavy atom. The Balaban J connectivity index is 1.40. The summed E-state index contributed by atoms with van der Waals surface area (Å²) in [6, 6.07) is 10.9. The second-order valence-electron chi connectivity index (χ2n) is 6.91. The minimum atomic E-state index is 0.0948. The monoisotopic (exact) mass is 339 g/mol. The maximum Gasteiger partial charge on any atom is 0.317 e. The van der Waals surface area contributed by atoms with Crippen molar-refractivity contribution in [2.45, 2.75) is 32.0 Å². The summed E-state index contributed by atoms with van der Waals surface area (Å²) < 4.78 is 2.22. The number of amides is 2. The van der Waals surface area contributed by atoms with Gasteiger partial charge in [0.25, 0.3) is 0 Å². The molecule has 25 heavy (non-hydrogen) atoms. The summed E-state index contributed by atoms with van der Waals surface area (Å²) in [5, 5.41) is 2.92. The summed E-state index contributed by atoms with van der Waals surface area (Å²) in [6.45, 7) is 5.31. The summed E-state index contributed by atoms with van der Waals surface area (Å²) in [6.07, 6.45) is 6.17. The quantitative estimate of drug-likeness (QED) is 0.905. The van der Waals surface area contributed by atoms with E-state index < -0.39 is 0 Å². The number of hydrogen-bond acceptors (Lipinski definition) is 3. The number of rotatable bonds is 5. The van der Waals surface area contributed by atoms with Gasteiger partial charge in [-0.2, -0.15) is 0 Å². The Labute approximate surface area is 148 Å². The highest BCUT2D eigenvalue weighted by Crippen LogP contribution is 2.19. The van der Waals surface area contributed by atoms with Gasteiger partial charge in [-0.3, -0.25) is 4.90 Å². The number of likely N-dealkylation sites (tertiary alicyclic amines) is 1. The molecule has 2 amide bonds. The van der Waals surface area contributed by atoms with E-state index >= 15 is 0 Å². The van der Waals surface area contributed by atoms with Gasteiger partial charge in [0, 0.05) is 44.6 Å². The van der Waals surface area contributed by atoms with Crippen LogP contribution >= 0.6 is 0 Å². The van der Waals surface area contributed by atoms with Crippen molar-refractivity contribution in [2.75, 3.05) is 26.2 Å². The van der Waals surface area contributed by atoms with Gasteiger partial charge < -0.3 is 14.8 Å². The van der Waals surface area contributed by atoms with Crippen LogP contribution in [0.3, 0.4) is 0 Å². The van der Waals surface area contributed by atoms with Crippen LogP contribution in [0.15, 0.2) is 42.7 Å². The third-order valence-electron chi connectivity index (χ3n) is 5.17. The van der Waals surface area contributed by atoms with E-state index in [4.69, 9.17) is 0 Å². The van der Waals surface area contributed by atoms with Crippen molar-refractivity contribution in [1.29, 1.82) is 0 Å². The molecule has 1 unspecified atom stereocenters. The van der Waals surface area contributed by atoms with Crippen LogP contribution in [0.1, 0.15) is 24.2 Å². The fourth-order valence-corrected chi connectivity index (χ4v) is 3.88. The number of carbonyl (C=O) groups is 1. The molecule has 2 aromatic rings. The van der Waals surface area contributed by atoms with Crippen LogP contribution in [-0.2, 0) is 13.1 Å². The first-order valence-corrected chi connectivity index (χ1v) is 9.10. The van der Waals surface area contributed by atoms with Crippen LogP contribution < -0.4 is 5.32 Å². The van der Waals surface area contributed by atoms with Crippen LogP contribution in [0, 0.1) is 0 Å². The zero-order valence-electron chi connectivity index (χ0n) is 14.5. The molecule has 1 atom stereocenters. The lowest BCUT2D eigenvalue weighted by molar-refractivity contribution is 0.119. The molecule has 1 N–H and O–H groups in total. The van der Waals surface area contributed by atoms with Crippen LogP contribution in [0.2, 0.25) is 0 Å². The normalized spacial score (nSPS) is 21.5. The average Bonchev–Trinajstić information content (AvgIpc) is 3.25. The Morgan fingerprint density at radius 3 is 2.84 bits per heavy atom. The molecule has 2 fully saturated rings. The van der Waals surface area contributed by atoms with Crippen molar-refractivity contribution in [3.05, 3.63) is 54.1 Å². The molecule has 0 aliphatic carbocycles. The molecule has 0 bridgehead atoms. The number of aromatic nitrogens is 2. The van der Waals surface area contributed by atoms with Gasteiger partial charge in [0.05, 0.1) is 6.54 Å². The maximum absolute atomic E-state index is 11.9. The van der Waals surface area contributed by atoms with Crippen molar-refractivity contribution in [3.63, 3.8) is 0 Å². The second kappa shape index (κ2) is 7.27. The van der Waals surface area contributed by atoms with Crippen molar-refractivity contribution in [3.8, 4) is 0 Å². The molecule has 1 aromatic carbocycles. The molecular formula is C19H25N5O. The summed E-state index contributed by atoms with van der Waals surface area (Å²) >= 11 is 0. The number of carbonyl (C=O) groups excluding carboxylic acids is 1. The van der Waals surface area contributed by atoms with E-state index in [1.807, 2.05) is 17.2 Å². The van der Waals surface area contributed by atoms with Gasteiger partial charge in [-0.1, -0.05) is 30.3 Å². The van der Waals surface area contributed by atoms with E-state index in [0.717, 1.165) is 57.9 Å². The van der Waals surface area contributed by atoms with Gasteiger partial charge >= 0.3 is 6.03 Å². The molecule has 6 heteroatoms. The van der Waals surface area contributed by atoms with Crippen molar-refractivity contribution in [1.82, 2.24) is 24.7 Å². The Hall–Kier alpha value is -2.34. The topological polar surface area (TPSA) is 53.4 Å². The number of nitrogens with one attached hydrogen (secondary N) is 1. The van der Waals surface area contributed by atoms with Gasteiger partial charge in [-0.25, -0.2) is 9.78 Å². The number of benzene rings is 1. The van der Waals surface area contributed by atoms with Crippen LogP contribution in [-0.4, -0.2) is 57.6 Å². The lowest BCUT2D eigenvalue weighted by atomic mass is 10.0. The zero-order chi connectivity index (χ0) is 17.1. The first kappa shape index (κ1) is 16.1. The second-order valence-corrected chi connectivity index (χ2v) is 6.91. The predicted molar refractivity (Wildman–Crippen MR) is 96.2 cm³/mol. The molecule has 132 valence electrons. The van der Waals surface area contributed by atoms with Gasteiger partial charge in [0.1, 0.15) is 5.82 Å². The van der Waals surface area contributed by atoms with Gasteiger partial charge in [-0.15, -0.1) is 0 Å². The Kier molecular flexibility index (Phi) is 4.70. The first-order valence-electron chi connectivity index (χ1n) is 9.10. The molecule has 0 saturated carbocycles. The summed E-state index contributed by atoms with van der Waals surface area (Å²) in [5.41, 5.74) is 1.28. The van der Waals surface area contributed by atoms with Crippen molar-refractivity contribution < 1.29 is 4.79 Å². The minimum Gasteiger partial charge on any atom is -0.336 e. The van der Waals surface area contributed by atoms with E-state index in [9.17, 15) is 4.79 Å². The van der Waals surface area contributed by atoms with E-state index in [-0.39, 0.29) is 6.03 Å². The molecule has 6 nitrogen and oxygen atoms in total. The average molecular weight is 339 g/mol. The van der Waals surface area contributed by atoms with Gasteiger partial charge in [0.2, 0.25) is 0 Å². The van der Waals surface area contributed by atoms with Crippen LogP contribution in [0.4, 0.5) is 4.79 Å². The number of hydrogen-bond donors (Lipinski definition) is 1. The van der Waals surface area contributed by atoms with E-state index in [2.05, 4.69) is 50.2 Å². The molecule has 2 saturated heterocycles. The van der Waals surface area contributed by atoms with Gasteiger partial charge in [0.15, 0.2) is 0 Å². The summed E-state index contributed by atoms with van der Waals surface area (Å²) in [4.78, 5) is 20.9. The molecule has 0 spiro atoms. The Bertz CT molecular complexity index is 714. The highest BCUT2D eigenvalue weighted by atomic mass is 16.2. The van der Waals surface area contributed by atoms with Crippen LogP contribution in [0.25, 0.3) is 0 Å². The minimum absolute atomic E-state index is 0.0948. The lowest BCUT2D eigenvalue weighted by Crippen LogP contribution is -2.48. The SMILES string of the molecule is O=C1NCCN1C1CCCN(Cc2nccn2Cc2ccccc2)C1. The van der Waals surface area contributed by atoms with Gasteiger partial charge in [-0.05, 0) is 24.9 Å². The maximum atomic E-state index is 11.9. The number of imidazole rings is 1. The molecule has 0 radical (unpaired) electrons. The smallest absolute Gasteiger partial charge is 0.317 e. The fourth-order valence-electron chi connectivity index (χ4n) is 3.88. The first-order chi connectivity index (χ1) is 12.3.